The van der Waals surface area contributed by atoms with Gasteiger partial charge in [-0.25, -0.2) is 0 Å². The van der Waals surface area contributed by atoms with Gasteiger partial charge in [0, 0.05) is 26.0 Å². The Labute approximate surface area is 121 Å². The zero-order chi connectivity index (χ0) is 14.0. The topological polar surface area (TPSA) is 43.4 Å². The fourth-order valence-electron chi connectivity index (χ4n) is 2.66. The van der Waals surface area contributed by atoms with Crippen LogP contribution in [0.25, 0.3) is 0 Å². The average Bonchev–Trinajstić information content (AvgIpc) is 2.50. The van der Waals surface area contributed by atoms with Crippen LogP contribution in [0.2, 0.25) is 0 Å². The van der Waals surface area contributed by atoms with Crippen molar-refractivity contribution in [2.45, 2.75) is 38.1 Å². The minimum Gasteiger partial charge on any atom is -0.382 e. The molecule has 0 saturated carbocycles. The van der Waals surface area contributed by atoms with Gasteiger partial charge in [0.2, 0.25) is 0 Å². The van der Waals surface area contributed by atoms with Crippen LogP contribution in [0, 0.1) is 0 Å². The Kier molecular flexibility index (Phi) is 6.98. The summed E-state index contributed by atoms with van der Waals surface area (Å²) in [7, 11) is 1.70. The van der Waals surface area contributed by atoms with Crippen molar-refractivity contribution in [2.75, 3.05) is 33.5 Å². The van der Waals surface area contributed by atoms with E-state index in [1.165, 1.54) is 30.5 Å². The third-order valence-electron chi connectivity index (χ3n) is 3.73. The van der Waals surface area contributed by atoms with E-state index in [-0.39, 0.29) is 0 Å². The van der Waals surface area contributed by atoms with Gasteiger partial charge in [-0.2, -0.15) is 0 Å². The van der Waals surface area contributed by atoms with Crippen LogP contribution in [0.4, 0.5) is 0 Å². The quantitative estimate of drug-likeness (QED) is 0.705. The molecule has 1 aromatic rings. The van der Waals surface area contributed by atoms with Gasteiger partial charge in [0.1, 0.15) is 0 Å². The number of aryl methyl sites for hydroxylation is 1. The van der Waals surface area contributed by atoms with Crippen LogP contribution in [0.1, 0.15) is 43.0 Å². The molecule has 1 heterocycles. The van der Waals surface area contributed by atoms with Crippen LogP contribution in [0.15, 0.2) is 18.3 Å². The van der Waals surface area contributed by atoms with E-state index in [4.69, 9.17) is 9.47 Å². The molecule has 0 saturated heterocycles. The Morgan fingerprint density at radius 3 is 3.15 bits per heavy atom. The number of ether oxygens (including phenoxy) is 2. The van der Waals surface area contributed by atoms with E-state index in [0.29, 0.717) is 19.3 Å². The Morgan fingerprint density at radius 2 is 2.25 bits per heavy atom. The normalized spacial score (nSPS) is 17.9. The molecule has 1 aliphatic rings. The number of nitrogens with one attached hydrogen (secondary N) is 1. The van der Waals surface area contributed by atoms with Crippen molar-refractivity contribution >= 4 is 0 Å². The molecule has 1 N–H and O–H groups in total. The standard InChI is InChI=1S/C16H26N2O2/c1-19-12-13-20-11-3-2-9-17-15-8-4-6-14-7-5-10-18-16(14)15/h5,7,10,15,17H,2-4,6,8-9,11-13H2,1H3. The summed E-state index contributed by atoms with van der Waals surface area (Å²) in [6, 6.07) is 4.69. The predicted molar refractivity (Wildman–Crippen MR) is 79.8 cm³/mol. The first-order chi connectivity index (χ1) is 9.92. The molecule has 0 spiro atoms. The van der Waals surface area contributed by atoms with Gasteiger partial charge in [0.25, 0.3) is 0 Å². The van der Waals surface area contributed by atoms with Gasteiger partial charge in [-0.15, -0.1) is 0 Å². The summed E-state index contributed by atoms with van der Waals surface area (Å²) in [6.45, 7) is 3.24. The number of methoxy groups -OCH3 is 1. The molecular weight excluding hydrogens is 252 g/mol. The maximum absolute atomic E-state index is 5.46. The summed E-state index contributed by atoms with van der Waals surface area (Å²) in [5.41, 5.74) is 2.68. The first kappa shape index (κ1) is 15.4. The van der Waals surface area contributed by atoms with Crippen LogP contribution >= 0.6 is 0 Å². The van der Waals surface area contributed by atoms with Crippen molar-refractivity contribution in [1.29, 1.82) is 0 Å². The van der Waals surface area contributed by atoms with Crippen molar-refractivity contribution < 1.29 is 9.47 Å². The molecule has 0 aromatic carbocycles. The lowest BCUT2D eigenvalue weighted by Crippen LogP contribution is -2.27. The van der Waals surface area contributed by atoms with Crippen molar-refractivity contribution in [3.8, 4) is 0 Å². The number of unbranched alkanes of at least 4 members (excludes halogenated alkanes) is 1. The highest BCUT2D eigenvalue weighted by Gasteiger charge is 2.20. The summed E-state index contributed by atoms with van der Waals surface area (Å²) in [6.07, 6.45) is 7.78. The number of aromatic nitrogens is 1. The number of pyridine rings is 1. The zero-order valence-electron chi connectivity index (χ0n) is 12.4. The number of hydrogen-bond acceptors (Lipinski definition) is 4. The van der Waals surface area contributed by atoms with Crippen LogP contribution in [0.3, 0.4) is 0 Å². The number of rotatable bonds is 9. The first-order valence-electron chi connectivity index (χ1n) is 7.65. The molecule has 0 aliphatic heterocycles. The summed E-state index contributed by atoms with van der Waals surface area (Å²) in [5.74, 6) is 0. The van der Waals surface area contributed by atoms with Crippen molar-refractivity contribution in [2.24, 2.45) is 0 Å². The van der Waals surface area contributed by atoms with E-state index in [0.717, 1.165) is 26.0 Å². The molecule has 1 aliphatic carbocycles. The first-order valence-corrected chi connectivity index (χ1v) is 7.65. The third kappa shape index (κ3) is 4.85. The lowest BCUT2D eigenvalue weighted by molar-refractivity contribution is 0.0687. The molecule has 1 unspecified atom stereocenters. The summed E-state index contributed by atoms with van der Waals surface area (Å²) < 4.78 is 10.4. The van der Waals surface area contributed by atoms with E-state index in [1.54, 1.807) is 7.11 Å². The highest BCUT2D eigenvalue weighted by atomic mass is 16.5. The van der Waals surface area contributed by atoms with Gasteiger partial charge in [-0.05, 0) is 50.3 Å². The fraction of sp³-hybridized carbons (Fsp3) is 0.688. The Balaban J connectivity index is 1.61. The Morgan fingerprint density at radius 1 is 1.30 bits per heavy atom. The molecule has 0 bridgehead atoms. The van der Waals surface area contributed by atoms with Crippen LogP contribution in [0.5, 0.6) is 0 Å². The van der Waals surface area contributed by atoms with Crippen molar-refractivity contribution in [3.05, 3.63) is 29.6 Å². The van der Waals surface area contributed by atoms with Gasteiger partial charge in [-0.1, -0.05) is 6.07 Å². The Bertz CT molecular complexity index is 384. The van der Waals surface area contributed by atoms with E-state index in [2.05, 4.69) is 16.4 Å². The average molecular weight is 278 g/mol. The van der Waals surface area contributed by atoms with Gasteiger partial charge in [0.05, 0.1) is 18.9 Å². The second kappa shape index (κ2) is 9.06. The molecule has 0 fully saturated rings. The molecule has 112 valence electrons. The summed E-state index contributed by atoms with van der Waals surface area (Å²) in [5, 5.41) is 3.64. The molecule has 4 nitrogen and oxygen atoms in total. The van der Waals surface area contributed by atoms with Crippen molar-refractivity contribution in [3.63, 3.8) is 0 Å². The molecular formula is C16H26N2O2. The van der Waals surface area contributed by atoms with Gasteiger partial charge >= 0.3 is 0 Å². The van der Waals surface area contributed by atoms with E-state index in [1.807, 2.05) is 12.3 Å². The minimum atomic E-state index is 0.439. The molecule has 0 radical (unpaired) electrons. The van der Waals surface area contributed by atoms with E-state index < -0.39 is 0 Å². The van der Waals surface area contributed by atoms with Gasteiger partial charge in [0.15, 0.2) is 0 Å². The second-order valence-corrected chi connectivity index (χ2v) is 5.26. The number of hydrogen-bond donors (Lipinski definition) is 1. The molecule has 1 atom stereocenters. The predicted octanol–water partition coefficient (Wildman–Crippen LogP) is 2.49. The highest BCUT2D eigenvalue weighted by molar-refractivity contribution is 5.25. The summed E-state index contributed by atoms with van der Waals surface area (Å²) in [4.78, 5) is 4.55. The van der Waals surface area contributed by atoms with Gasteiger partial charge in [-0.3, -0.25) is 4.98 Å². The molecule has 2 rings (SSSR count). The smallest absolute Gasteiger partial charge is 0.0700 e. The molecule has 4 heteroatoms. The maximum Gasteiger partial charge on any atom is 0.0700 e. The van der Waals surface area contributed by atoms with Crippen LogP contribution in [-0.4, -0.2) is 38.5 Å². The molecule has 0 amide bonds. The fourth-order valence-corrected chi connectivity index (χ4v) is 2.66. The molecule has 1 aromatic heterocycles. The number of fused-ring (bicyclic) bond motifs is 1. The largest absolute Gasteiger partial charge is 0.382 e. The second-order valence-electron chi connectivity index (χ2n) is 5.26. The van der Waals surface area contributed by atoms with Crippen LogP contribution < -0.4 is 5.32 Å². The maximum atomic E-state index is 5.46. The van der Waals surface area contributed by atoms with Crippen LogP contribution in [-0.2, 0) is 15.9 Å². The van der Waals surface area contributed by atoms with Gasteiger partial charge < -0.3 is 14.8 Å². The van der Waals surface area contributed by atoms with Crippen molar-refractivity contribution in [1.82, 2.24) is 10.3 Å². The van der Waals surface area contributed by atoms with E-state index >= 15 is 0 Å². The zero-order valence-corrected chi connectivity index (χ0v) is 12.4. The SMILES string of the molecule is COCCOCCCCNC1CCCc2cccnc21. The molecule has 20 heavy (non-hydrogen) atoms. The summed E-state index contributed by atoms with van der Waals surface area (Å²) >= 11 is 0. The third-order valence-corrected chi connectivity index (χ3v) is 3.73. The Hall–Kier alpha value is -0.970. The minimum absolute atomic E-state index is 0.439. The highest BCUT2D eigenvalue weighted by Crippen LogP contribution is 2.27. The lowest BCUT2D eigenvalue weighted by Gasteiger charge is -2.25. The lowest BCUT2D eigenvalue weighted by atomic mass is 9.92. The number of nitrogens with zero attached hydrogens (tertiary/aromatic N) is 1. The monoisotopic (exact) mass is 278 g/mol. The van der Waals surface area contributed by atoms with E-state index in [9.17, 15) is 0 Å².